The molecule has 0 fully saturated rings. The maximum absolute atomic E-state index is 8.31. The van der Waals surface area contributed by atoms with Gasteiger partial charge in [-0.1, -0.05) is 48.5 Å². The lowest BCUT2D eigenvalue weighted by Crippen LogP contribution is -2.03. The Balaban J connectivity index is 2.00. The van der Waals surface area contributed by atoms with E-state index in [0.29, 0.717) is 11.4 Å². The third-order valence-electron chi connectivity index (χ3n) is 3.22. The van der Waals surface area contributed by atoms with Crippen LogP contribution >= 0.6 is 11.3 Å². The van der Waals surface area contributed by atoms with Crippen LogP contribution in [-0.4, -0.2) is 5.71 Å². The van der Waals surface area contributed by atoms with Crippen molar-refractivity contribution in [3.63, 3.8) is 0 Å². The minimum Gasteiger partial charge on any atom is -0.398 e. The largest absolute Gasteiger partial charge is 0.398 e. The van der Waals surface area contributed by atoms with Crippen molar-refractivity contribution in [1.29, 1.82) is 5.41 Å². The van der Waals surface area contributed by atoms with E-state index < -0.39 is 0 Å². The fourth-order valence-electron chi connectivity index (χ4n) is 2.15. The van der Waals surface area contributed by atoms with E-state index in [2.05, 4.69) is 18.2 Å². The molecule has 0 amide bonds. The molecular formula is C17H14N2S. The summed E-state index contributed by atoms with van der Waals surface area (Å²) in [5.74, 6) is 0. The highest BCUT2D eigenvalue weighted by Crippen LogP contribution is 2.24. The first kappa shape index (κ1) is 12.6. The maximum Gasteiger partial charge on any atom is 0.0713 e. The van der Waals surface area contributed by atoms with E-state index in [1.165, 1.54) is 11.3 Å². The number of nitrogens with two attached hydrogens (primary N) is 1. The zero-order valence-electron chi connectivity index (χ0n) is 10.8. The molecule has 0 saturated carbocycles. The van der Waals surface area contributed by atoms with Crippen molar-refractivity contribution in [2.24, 2.45) is 0 Å². The third-order valence-corrected chi connectivity index (χ3v) is 3.98. The lowest BCUT2D eigenvalue weighted by Gasteiger charge is -2.07. The van der Waals surface area contributed by atoms with E-state index >= 15 is 0 Å². The van der Waals surface area contributed by atoms with Crippen molar-refractivity contribution >= 4 is 22.7 Å². The fourth-order valence-corrected chi connectivity index (χ4v) is 2.88. The molecule has 20 heavy (non-hydrogen) atoms. The van der Waals surface area contributed by atoms with Crippen LogP contribution < -0.4 is 5.73 Å². The zero-order chi connectivity index (χ0) is 13.9. The molecule has 2 nitrogen and oxygen atoms in total. The molecule has 98 valence electrons. The maximum atomic E-state index is 8.31. The normalized spacial score (nSPS) is 10.4. The van der Waals surface area contributed by atoms with Crippen LogP contribution in [0.25, 0.3) is 11.1 Å². The summed E-state index contributed by atoms with van der Waals surface area (Å²) >= 11 is 1.52. The van der Waals surface area contributed by atoms with Crippen LogP contribution in [0, 0.1) is 5.41 Å². The molecule has 0 saturated heterocycles. The van der Waals surface area contributed by atoms with Gasteiger partial charge in [0.1, 0.15) is 0 Å². The van der Waals surface area contributed by atoms with E-state index in [1.54, 1.807) is 0 Å². The SMILES string of the molecule is N=C(c1cccc(-c2ccccc2)c1)c1cscc1N. The van der Waals surface area contributed by atoms with Crippen LogP contribution in [-0.2, 0) is 0 Å². The van der Waals surface area contributed by atoms with Crippen LogP contribution in [0.5, 0.6) is 0 Å². The second-order valence-electron chi connectivity index (χ2n) is 4.56. The van der Waals surface area contributed by atoms with Crippen molar-refractivity contribution in [2.45, 2.75) is 0 Å². The quantitative estimate of drug-likeness (QED) is 0.685. The summed E-state index contributed by atoms with van der Waals surface area (Å²) in [5, 5.41) is 12.1. The highest BCUT2D eigenvalue weighted by Gasteiger charge is 2.10. The van der Waals surface area contributed by atoms with Gasteiger partial charge in [0.2, 0.25) is 0 Å². The molecule has 3 N–H and O–H groups in total. The lowest BCUT2D eigenvalue weighted by molar-refractivity contribution is 1.47. The zero-order valence-corrected chi connectivity index (χ0v) is 11.7. The van der Waals surface area contributed by atoms with E-state index in [4.69, 9.17) is 11.1 Å². The summed E-state index contributed by atoms with van der Waals surface area (Å²) in [7, 11) is 0. The number of benzene rings is 2. The van der Waals surface area contributed by atoms with Gasteiger partial charge in [-0.05, 0) is 17.2 Å². The van der Waals surface area contributed by atoms with Gasteiger partial charge < -0.3 is 5.73 Å². The first-order valence-corrected chi connectivity index (χ1v) is 7.26. The van der Waals surface area contributed by atoms with Gasteiger partial charge >= 0.3 is 0 Å². The van der Waals surface area contributed by atoms with Crippen LogP contribution in [0.3, 0.4) is 0 Å². The summed E-state index contributed by atoms with van der Waals surface area (Å²) in [6.45, 7) is 0. The molecule has 0 aliphatic heterocycles. The van der Waals surface area contributed by atoms with Gasteiger partial charge in [-0.25, -0.2) is 0 Å². The van der Waals surface area contributed by atoms with Gasteiger partial charge in [0.25, 0.3) is 0 Å². The van der Waals surface area contributed by atoms with Crippen molar-refractivity contribution in [3.8, 4) is 11.1 Å². The van der Waals surface area contributed by atoms with E-state index in [0.717, 1.165) is 22.3 Å². The minimum atomic E-state index is 0.474. The van der Waals surface area contributed by atoms with E-state index in [1.807, 2.05) is 47.2 Å². The number of anilines is 1. The van der Waals surface area contributed by atoms with Gasteiger partial charge in [-0.2, -0.15) is 0 Å². The Morgan fingerprint density at radius 2 is 1.65 bits per heavy atom. The molecule has 0 atom stereocenters. The summed E-state index contributed by atoms with van der Waals surface area (Å²) in [6, 6.07) is 18.2. The topological polar surface area (TPSA) is 49.9 Å². The highest BCUT2D eigenvalue weighted by molar-refractivity contribution is 7.08. The van der Waals surface area contributed by atoms with Gasteiger partial charge in [0.15, 0.2) is 0 Å². The van der Waals surface area contributed by atoms with Crippen molar-refractivity contribution in [3.05, 3.63) is 76.5 Å². The average molecular weight is 278 g/mol. The van der Waals surface area contributed by atoms with Crippen LogP contribution in [0.2, 0.25) is 0 Å². The third kappa shape index (κ3) is 2.36. The van der Waals surface area contributed by atoms with Crippen LogP contribution in [0.4, 0.5) is 5.69 Å². The van der Waals surface area contributed by atoms with Gasteiger partial charge in [-0.15, -0.1) is 11.3 Å². The predicted molar refractivity (Wildman–Crippen MR) is 86.5 cm³/mol. The number of hydrogen-bond donors (Lipinski definition) is 2. The molecule has 3 rings (SSSR count). The number of nitrogens with one attached hydrogen (secondary N) is 1. The predicted octanol–water partition coefficient (Wildman–Crippen LogP) is 4.41. The molecule has 0 bridgehead atoms. The molecule has 2 aromatic carbocycles. The first-order valence-electron chi connectivity index (χ1n) is 6.32. The number of nitrogen functional groups attached to an aromatic ring is 1. The first-order chi connectivity index (χ1) is 9.75. The number of hydrogen-bond acceptors (Lipinski definition) is 3. The smallest absolute Gasteiger partial charge is 0.0713 e. The Labute approximate surface area is 122 Å². The van der Waals surface area contributed by atoms with Crippen LogP contribution in [0.15, 0.2) is 65.4 Å². The molecule has 0 aliphatic rings. The second kappa shape index (κ2) is 5.31. The summed E-state index contributed by atoms with van der Waals surface area (Å²) in [6.07, 6.45) is 0. The monoisotopic (exact) mass is 278 g/mol. The minimum absolute atomic E-state index is 0.474. The Morgan fingerprint density at radius 3 is 2.35 bits per heavy atom. The summed E-state index contributed by atoms with van der Waals surface area (Å²) < 4.78 is 0. The molecular weight excluding hydrogens is 264 g/mol. The standard InChI is InChI=1S/C17H14N2S/c18-16-11-20-10-15(16)17(19)14-8-4-7-13(9-14)12-5-2-1-3-6-12/h1-11,19H,18H2. The van der Waals surface area contributed by atoms with Crippen molar-refractivity contribution in [2.75, 3.05) is 5.73 Å². The number of rotatable bonds is 3. The summed E-state index contributed by atoms with van der Waals surface area (Å²) in [4.78, 5) is 0. The van der Waals surface area contributed by atoms with E-state index in [9.17, 15) is 0 Å². The Morgan fingerprint density at radius 1 is 0.900 bits per heavy atom. The molecule has 0 spiro atoms. The fraction of sp³-hybridized carbons (Fsp3) is 0. The second-order valence-corrected chi connectivity index (χ2v) is 5.31. The molecule has 0 radical (unpaired) electrons. The lowest BCUT2D eigenvalue weighted by atomic mass is 9.98. The van der Waals surface area contributed by atoms with Crippen molar-refractivity contribution < 1.29 is 0 Å². The molecule has 1 heterocycles. The Bertz CT molecular complexity index is 744. The average Bonchev–Trinajstić information content (AvgIpc) is 2.94. The summed E-state index contributed by atoms with van der Waals surface area (Å²) in [5.41, 5.74) is 11.0. The van der Waals surface area contributed by atoms with E-state index in [-0.39, 0.29) is 0 Å². The highest BCUT2D eigenvalue weighted by atomic mass is 32.1. The Hall–Kier alpha value is -2.39. The molecule has 1 aromatic heterocycles. The van der Waals surface area contributed by atoms with Crippen molar-refractivity contribution in [1.82, 2.24) is 0 Å². The van der Waals surface area contributed by atoms with Gasteiger partial charge in [0, 0.05) is 21.9 Å². The van der Waals surface area contributed by atoms with Gasteiger partial charge in [0.05, 0.1) is 11.4 Å². The molecule has 3 heteroatoms. The van der Waals surface area contributed by atoms with Gasteiger partial charge in [-0.3, -0.25) is 5.41 Å². The molecule has 0 aliphatic carbocycles. The molecule has 3 aromatic rings. The van der Waals surface area contributed by atoms with Crippen LogP contribution in [0.1, 0.15) is 11.1 Å². The number of thiophene rings is 1. The Kier molecular flexibility index (Phi) is 3.35. The molecule has 0 unspecified atom stereocenters.